The van der Waals surface area contributed by atoms with Gasteiger partial charge in [0.25, 0.3) is 11.6 Å². The van der Waals surface area contributed by atoms with Crippen LogP contribution in [0, 0.1) is 45.4 Å². The Morgan fingerprint density at radius 3 is 2.36 bits per heavy atom. The van der Waals surface area contributed by atoms with Crippen molar-refractivity contribution in [3.8, 4) is 23.3 Å². The summed E-state index contributed by atoms with van der Waals surface area (Å²) in [6, 6.07) is 14.0. The molecule has 2 aromatic carbocycles. The molecule has 1 aliphatic rings. The van der Waals surface area contributed by atoms with Gasteiger partial charge in [-0.25, -0.2) is 0 Å². The lowest BCUT2D eigenvalue weighted by molar-refractivity contribution is -0.394. The van der Waals surface area contributed by atoms with Gasteiger partial charge >= 0.3 is 5.69 Å². The maximum Gasteiger partial charge on any atom is 0.318 e. The van der Waals surface area contributed by atoms with Gasteiger partial charge in [-0.05, 0) is 74.7 Å². The molecule has 1 saturated carbocycles. The number of non-ortho nitro benzene ring substituents is 1. The number of nitro benzene ring substituents is 2. The van der Waals surface area contributed by atoms with Crippen LogP contribution in [0.5, 0.6) is 11.5 Å². The fraction of sp³-hybridized carbons (Fsp3) is 0.286. The van der Waals surface area contributed by atoms with E-state index in [1.807, 2.05) is 30.6 Å². The van der Waals surface area contributed by atoms with Gasteiger partial charge in [0, 0.05) is 29.2 Å². The van der Waals surface area contributed by atoms with Gasteiger partial charge in [-0.1, -0.05) is 19.3 Å². The second-order valence-corrected chi connectivity index (χ2v) is 9.40. The largest absolute Gasteiger partial charge is 0.450 e. The molecule has 0 unspecified atom stereocenters. The van der Waals surface area contributed by atoms with Crippen LogP contribution in [-0.4, -0.2) is 26.4 Å². The molecule has 200 valence electrons. The second-order valence-electron chi connectivity index (χ2n) is 9.40. The van der Waals surface area contributed by atoms with Gasteiger partial charge in [-0.15, -0.1) is 0 Å². The number of nitro groups is 2. The van der Waals surface area contributed by atoms with Crippen LogP contribution in [0.2, 0.25) is 0 Å². The summed E-state index contributed by atoms with van der Waals surface area (Å²) in [5, 5.41) is 35.0. The van der Waals surface area contributed by atoms with Gasteiger partial charge in [0.05, 0.1) is 15.9 Å². The number of nitrogens with zero attached hydrogens (tertiary/aromatic N) is 4. The van der Waals surface area contributed by atoms with Crippen molar-refractivity contribution in [2.24, 2.45) is 0 Å². The smallest absolute Gasteiger partial charge is 0.318 e. The number of carbonyl (C=O) groups excluding carboxylic acids is 1. The van der Waals surface area contributed by atoms with Crippen LogP contribution in [0.1, 0.15) is 49.1 Å². The summed E-state index contributed by atoms with van der Waals surface area (Å²) in [4.78, 5) is 33.6. The topological polar surface area (TPSA) is 153 Å². The van der Waals surface area contributed by atoms with Crippen LogP contribution in [-0.2, 0) is 4.79 Å². The molecule has 1 heterocycles. The van der Waals surface area contributed by atoms with Gasteiger partial charge in [0.1, 0.15) is 17.4 Å². The van der Waals surface area contributed by atoms with Crippen molar-refractivity contribution >= 4 is 23.4 Å². The Bertz CT molecular complexity index is 1490. The maximum absolute atomic E-state index is 12.7. The molecule has 0 radical (unpaired) electrons. The summed E-state index contributed by atoms with van der Waals surface area (Å²) < 4.78 is 7.61. The molecule has 11 heteroatoms. The minimum Gasteiger partial charge on any atom is -0.450 e. The summed E-state index contributed by atoms with van der Waals surface area (Å²) in [6.07, 6.45) is 6.77. The van der Waals surface area contributed by atoms with Crippen molar-refractivity contribution in [1.82, 2.24) is 9.88 Å². The van der Waals surface area contributed by atoms with Crippen LogP contribution in [0.15, 0.2) is 54.1 Å². The second kappa shape index (κ2) is 11.6. The van der Waals surface area contributed by atoms with Crippen LogP contribution >= 0.6 is 0 Å². The molecule has 0 spiro atoms. The zero-order valence-corrected chi connectivity index (χ0v) is 21.5. The predicted molar refractivity (Wildman–Crippen MR) is 144 cm³/mol. The highest BCUT2D eigenvalue weighted by Gasteiger charge is 2.22. The van der Waals surface area contributed by atoms with Crippen molar-refractivity contribution < 1.29 is 19.4 Å². The van der Waals surface area contributed by atoms with Gasteiger partial charge in [0.2, 0.25) is 5.75 Å². The third-order valence-corrected chi connectivity index (χ3v) is 6.75. The fourth-order valence-electron chi connectivity index (χ4n) is 4.78. The number of nitrogens with one attached hydrogen (secondary N) is 1. The van der Waals surface area contributed by atoms with Crippen LogP contribution < -0.4 is 10.1 Å². The first-order valence-corrected chi connectivity index (χ1v) is 12.5. The normalized spacial score (nSPS) is 13.9. The lowest BCUT2D eigenvalue weighted by Gasteiger charge is -2.22. The number of ether oxygens (including phenoxy) is 1. The Hall–Kier alpha value is -4.98. The molecule has 1 amide bonds. The lowest BCUT2D eigenvalue weighted by Crippen LogP contribution is -2.36. The summed E-state index contributed by atoms with van der Waals surface area (Å²) in [5.41, 5.74) is 2.36. The molecule has 1 aromatic heterocycles. The van der Waals surface area contributed by atoms with Crippen molar-refractivity contribution in [3.05, 3.63) is 91.3 Å². The third-order valence-electron chi connectivity index (χ3n) is 6.75. The zero-order valence-electron chi connectivity index (χ0n) is 21.5. The summed E-state index contributed by atoms with van der Waals surface area (Å²) in [6.45, 7) is 3.79. The van der Waals surface area contributed by atoms with E-state index < -0.39 is 21.2 Å². The van der Waals surface area contributed by atoms with E-state index in [2.05, 4.69) is 5.32 Å². The van der Waals surface area contributed by atoms with Gasteiger partial charge < -0.3 is 14.6 Å². The van der Waals surface area contributed by atoms with E-state index in [1.54, 1.807) is 30.3 Å². The van der Waals surface area contributed by atoms with E-state index in [-0.39, 0.29) is 23.3 Å². The Balaban J connectivity index is 1.55. The van der Waals surface area contributed by atoms with E-state index in [4.69, 9.17) is 4.74 Å². The average molecular weight is 530 g/mol. The fourth-order valence-corrected chi connectivity index (χ4v) is 4.78. The SMILES string of the molecule is Cc1cc(/C=C(/C#N)C(=O)NC2CCCCC2)c(C)n1-c1ccc(Oc2ccc([N+](=O)[O-])cc2[N+](=O)[O-])cc1. The van der Waals surface area contributed by atoms with Gasteiger partial charge in [-0.2, -0.15) is 5.26 Å². The molecule has 1 aliphatic carbocycles. The van der Waals surface area contributed by atoms with Crippen LogP contribution in [0.4, 0.5) is 11.4 Å². The first kappa shape index (κ1) is 27.1. The Morgan fingerprint density at radius 1 is 1.05 bits per heavy atom. The average Bonchev–Trinajstić information content (AvgIpc) is 3.20. The molecule has 39 heavy (non-hydrogen) atoms. The van der Waals surface area contributed by atoms with Crippen molar-refractivity contribution in [3.63, 3.8) is 0 Å². The van der Waals surface area contributed by atoms with Crippen LogP contribution in [0.3, 0.4) is 0 Å². The van der Waals surface area contributed by atoms with E-state index >= 15 is 0 Å². The number of nitriles is 1. The van der Waals surface area contributed by atoms with Crippen LogP contribution in [0.25, 0.3) is 11.8 Å². The molecule has 0 aliphatic heterocycles. The minimum absolute atomic E-state index is 0.0502. The van der Waals surface area contributed by atoms with Gasteiger partial charge in [-0.3, -0.25) is 25.0 Å². The lowest BCUT2D eigenvalue weighted by atomic mass is 9.95. The maximum atomic E-state index is 12.7. The molecule has 3 aromatic rings. The molecule has 0 bridgehead atoms. The molecule has 1 N–H and O–H groups in total. The summed E-state index contributed by atoms with van der Waals surface area (Å²) >= 11 is 0. The molecule has 0 atom stereocenters. The number of hydrogen-bond acceptors (Lipinski definition) is 7. The van der Waals surface area contributed by atoms with Crippen molar-refractivity contribution in [2.75, 3.05) is 0 Å². The van der Waals surface area contributed by atoms with Gasteiger partial charge in [0.15, 0.2) is 0 Å². The minimum atomic E-state index is -0.733. The highest BCUT2D eigenvalue weighted by molar-refractivity contribution is 6.02. The number of hydrogen-bond donors (Lipinski definition) is 1. The Kier molecular flexibility index (Phi) is 8.05. The number of rotatable bonds is 8. The zero-order chi connectivity index (χ0) is 28.1. The Labute approximate surface area is 224 Å². The number of carbonyl (C=O) groups is 1. The van der Waals surface area contributed by atoms with E-state index in [1.165, 1.54) is 12.5 Å². The summed E-state index contributed by atoms with van der Waals surface area (Å²) in [7, 11) is 0. The van der Waals surface area contributed by atoms with E-state index in [0.717, 1.165) is 60.5 Å². The number of amides is 1. The van der Waals surface area contributed by atoms with E-state index in [9.17, 15) is 30.3 Å². The predicted octanol–water partition coefficient (Wildman–Crippen LogP) is 6.06. The summed E-state index contributed by atoms with van der Waals surface area (Å²) in [5.74, 6) is -0.171. The molecular formula is C28H27N5O6. The number of aromatic nitrogens is 1. The van der Waals surface area contributed by atoms with E-state index in [0.29, 0.717) is 5.75 Å². The highest BCUT2D eigenvalue weighted by Crippen LogP contribution is 2.35. The standard InChI is InChI=1S/C28H27N5O6/c1-18-14-20(15-21(17-29)28(34)30-22-6-4-3-5-7-22)19(2)31(18)23-8-11-25(12-9-23)39-27-13-10-24(32(35)36)16-26(27)33(37)38/h8-16,22H,3-7H2,1-2H3,(H,30,34)/b21-15-. The molecule has 4 rings (SSSR count). The number of benzene rings is 2. The Morgan fingerprint density at radius 2 is 1.74 bits per heavy atom. The first-order chi connectivity index (χ1) is 18.7. The molecular weight excluding hydrogens is 502 g/mol. The van der Waals surface area contributed by atoms with Crippen molar-refractivity contribution in [1.29, 1.82) is 5.26 Å². The quantitative estimate of drug-likeness (QED) is 0.161. The molecule has 11 nitrogen and oxygen atoms in total. The molecule has 1 fully saturated rings. The molecule has 0 saturated heterocycles. The third kappa shape index (κ3) is 6.13. The van der Waals surface area contributed by atoms with Crippen molar-refractivity contribution in [2.45, 2.75) is 52.0 Å². The monoisotopic (exact) mass is 529 g/mol. The number of aryl methyl sites for hydroxylation is 1. The highest BCUT2D eigenvalue weighted by atomic mass is 16.6. The first-order valence-electron chi connectivity index (χ1n) is 12.5.